The average molecular weight is 1020 g/mol. The van der Waals surface area contributed by atoms with Crippen LogP contribution in [0.25, 0.3) is 11.0 Å². The first-order valence-electron chi connectivity index (χ1n) is 25.8. The number of Topliss-reactive ketones (excluding diaryl/α,β-unsaturated/α-hetero) is 2. The summed E-state index contributed by atoms with van der Waals surface area (Å²) in [5.74, 6) is 1.48. The number of aromatic nitrogens is 6. The number of fused-ring (bicyclic) bond motifs is 3. The largest absolute Gasteiger partial charge is 0.379 e. The number of hydrogen-bond acceptors (Lipinski definition) is 16. The molecule has 4 heterocycles. The molecular formula is C52H74ClN7O12. The number of pyridine rings is 1. The summed E-state index contributed by atoms with van der Waals surface area (Å²) < 4.78 is 54.3. The minimum Gasteiger partial charge on any atom is -0.379 e. The number of hydrogen-bond donors (Lipinski definition) is 0. The van der Waals surface area contributed by atoms with Crippen molar-refractivity contribution in [3.8, 4) is 0 Å². The molecule has 1 atom stereocenters. The maximum absolute atomic E-state index is 14.1. The van der Waals surface area contributed by atoms with E-state index >= 15 is 0 Å². The molecule has 0 radical (unpaired) electrons. The SMILES string of the molecule is CC(=O)CCOCCOCCOCCOCCn1cc(COCCOCCOCCOCCOCCCCn2c(CCC[C@@H]3C(=O)C4(CN(C(=O)C5CCC5)C4)c4ccncc43)nc3cc(Cl)ccc32)nn1. The molecule has 4 aromatic rings. The van der Waals surface area contributed by atoms with Gasteiger partial charge >= 0.3 is 0 Å². The Kier molecular flexibility index (Phi) is 23.2. The summed E-state index contributed by atoms with van der Waals surface area (Å²) >= 11 is 6.37. The van der Waals surface area contributed by atoms with Crippen molar-refractivity contribution in [2.75, 3.05) is 125 Å². The molecule has 0 unspecified atom stereocenters. The number of halogens is 1. The number of carbonyl (C=O) groups excluding carboxylic acids is 3. The van der Waals surface area contributed by atoms with Crippen molar-refractivity contribution in [2.45, 2.75) is 95.7 Å². The van der Waals surface area contributed by atoms with E-state index < -0.39 is 5.41 Å². The number of amides is 1. The Morgan fingerprint density at radius 2 is 1.36 bits per heavy atom. The highest BCUT2D eigenvalue weighted by molar-refractivity contribution is 6.31. The Balaban J connectivity index is 0.655. The Morgan fingerprint density at radius 3 is 2.00 bits per heavy atom. The highest BCUT2D eigenvalue weighted by Gasteiger charge is 2.59. The first-order valence-corrected chi connectivity index (χ1v) is 26.2. The molecule has 1 amide bonds. The van der Waals surface area contributed by atoms with Crippen molar-refractivity contribution in [1.82, 2.24) is 34.4 Å². The quantitative estimate of drug-likeness (QED) is 0.0518. The van der Waals surface area contributed by atoms with Crippen molar-refractivity contribution in [2.24, 2.45) is 5.92 Å². The van der Waals surface area contributed by atoms with Gasteiger partial charge in [0.1, 0.15) is 17.3 Å². The van der Waals surface area contributed by atoms with Gasteiger partial charge in [-0.25, -0.2) is 9.67 Å². The first-order chi connectivity index (χ1) is 35.3. The number of benzene rings is 1. The molecule has 19 nitrogen and oxygen atoms in total. The highest BCUT2D eigenvalue weighted by atomic mass is 35.5. The Bertz CT molecular complexity index is 2270. The molecule has 2 fully saturated rings. The number of carbonyl (C=O) groups is 3. The maximum Gasteiger partial charge on any atom is 0.225 e. The summed E-state index contributed by atoms with van der Waals surface area (Å²) in [5, 5.41) is 8.91. The zero-order chi connectivity index (χ0) is 50.2. The second kappa shape index (κ2) is 30.2. The van der Waals surface area contributed by atoms with Crippen LogP contribution in [0.5, 0.6) is 0 Å². The van der Waals surface area contributed by atoms with Gasteiger partial charge in [0.05, 0.1) is 142 Å². The molecule has 0 bridgehead atoms. The summed E-state index contributed by atoms with van der Waals surface area (Å²) in [5.41, 5.74) is 4.15. The van der Waals surface area contributed by atoms with Gasteiger partial charge in [-0.15, -0.1) is 5.10 Å². The van der Waals surface area contributed by atoms with Crippen LogP contribution in [0.1, 0.15) is 86.9 Å². The number of aryl methyl sites for hydroxylation is 2. The van der Waals surface area contributed by atoms with E-state index in [-0.39, 0.29) is 29.3 Å². The second-order valence-corrected chi connectivity index (χ2v) is 19.0. The van der Waals surface area contributed by atoms with Crippen LogP contribution in [-0.2, 0) is 88.5 Å². The number of likely N-dealkylation sites (tertiary alicyclic amines) is 1. The minimum absolute atomic E-state index is 0.118. The summed E-state index contributed by atoms with van der Waals surface area (Å²) in [6, 6.07) is 7.85. The lowest BCUT2D eigenvalue weighted by Gasteiger charge is -2.49. The van der Waals surface area contributed by atoms with E-state index in [0.29, 0.717) is 156 Å². The van der Waals surface area contributed by atoms with Gasteiger partial charge in [0.15, 0.2) is 5.78 Å². The summed E-state index contributed by atoms with van der Waals surface area (Å²) in [6.07, 6.45) is 13.0. The van der Waals surface area contributed by atoms with E-state index in [4.69, 9.17) is 59.2 Å². The molecule has 1 spiro atoms. The first kappa shape index (κ1) is 55.5. The van der Waals surface area contributed by atoms with Gasteiger partial charge in [-0.2, -0.15) is 0 Å². The number of nitrogens with zero attached hydrogens (tertiary/aromatic N) is 7. The van der Waals surface area contributed by atoms with Gasteiger partial charge in [-0.05, 0) is 80.8 Å². The van der Waals surface area contributed by atoms with Crippen LogP contribution >= 0.6 is 11.6 Å². The van der Waals surface area contributed by atoms with E-state index in [1.54, 1.807) is 17.8 Å². The molecular weight excluding hydrogens is 950 g/mol. The van der Waals surface area contributed by atoms with Crippen LogP contribution in [0.15, 0.2) is 42.9 Å². The number of ketones is 2. The highest BCUT2D eigenvalue weighted by Crippen LogP contribution is 2.50. The standard InChI is InChI=1S/C52H74ClN7O12/c1-40(61)13-18-65-21-24-68-27-28-69-25-22-66-19-16-59-36-43(56-57-59)37-72-33-32-71-31-30-70-29-26-67-23-20-64-17-3-2-15-60-48-11-10-42(53)34-47(48)55-49(60)9-5-8-44-45-35-54-14-12-46(45)52(50(44)62)38-58(39-52)51(63)41-6-4-7-41/h10-12,14,34-36,41,44H,2-9,13,15-33,37-39H2,1H3/t44-/m0/s1. The molecule has 20 heteroatoms. The van der Waals surface area contributed by atoms with Crippen molar-refractivity contribution >= 4 is 40.1 Å². The van der Waals surface area contributed by atoms with Crippen LogP contribution in [-0.4, -0.2) is 177 Å². The molecule has 396 valence electrons. The number of ether oxygens (including phenoxy) is 9. The second-order valence-electron chi connectivity index (χ2n) is 18.6. The Labute approximate surface area is 427 Å². The van der Waals surface area contributed by atoms with Gasteiger partial charge in [0, 0.05) is 68.3 Å². The zero-order valence-corrected chi connectivity index (χ0v) is 42.8. The molecule has 2 aliphatic carbocycles. The molecule has 7 rings (SSSR count). The fourth-order valence-electron chi connectivity index (χ4n) is 9.25. The van der Waals surface area contributed by atoms with Crippen molar-refractivity contribution in [3.63, 3.8) is 0 Å². The van der Waals surface area contributed by atoms with E-state index in [1.807, 2.05) is 41.6 Å². The van der Waals surface area contributed by atoms with Crippen LogP contribution in [0, 0.1) is 5.92 Å². The molecule has 3 aliphatic rings. The predicted octanol–water partition coefficient (Wildman–Crippen LogP) is 5.35. The van der Waals surface area contributed by atoms with Crippen molar-refractivity contribution < 1.29 is 57.0 Å². The fraction of sp³-hybridized carbons (Fsp3) is 0.673. The normalized spacial score (nSPS) is 16.2. The van der Waals surface area contributed by atoms with Crippen LogP contribution in [0.3, 0.4) is 0 Å². The van der Waals surface area contributed by atoms with E-state index in [9.17, 15) is 14.4 Å². The van der Waals surface area contributed by atoms with Gasteiger partial charge in [0.2, 0.25) is 5.91 Å². The maximum atomic E-state index is 14.1. The minimum atomic E-state index is -0.593. The van der Waals surface area contributed by atoms with Crippen LogP contribution in [0.4, 0.5) is 0 Å². The molecule has 1 aromatic carbocycles. The van der Waals surface area contributed by atoms with Gasteiger partial charge < -0.3 is 52.1 Å². The van der Waals surface area contributed by atoms with Gasteiger partial charge in [-0.1, -0.05) is 23.2 Å². The van der Waals surface area contributed by atoms with Crippen molar-refractivity contribution in [3.05, 3.63) is 70.5 Å². The third-order valence-corrected chi connectivity index (χ3v) is 13.6. The fourth-order valence-corrected chi connectivity index (χ4v) is 9.42. The van der Waals surface area contributed by atoms with Crippen LogP contribution < -0.4 is 0 Å². The Hall–Kier alpha value is -4.28. The third kappa shape index (κ3) is 16.6. The third-order valence-electron chi connectivity index (χ3n) is 13.3. The number of imidazole rings is 1. The monoisotopic (exact) mass is 1020 g/mol. The average Bonchev–Trinajstić information content (AvgIpc) is 4.01. The zero-order valence-electron chi connectivity index (χ0n) is 42.0. The lowest BCUT2D eigenvalue weighted by molar-refractivity contribution is -0.150. The van der Waals surface area contributed by atoms with E-state index in [2.05, 4.69) is 19.9 Å². The summed E-state index contributed by atoms with van der Waals surface area (Å²) in [7, 11) is 0. The Morgan fingerprint density at radius 1 is 0.736 bits per heavy atom. The van der Waals surface area contributed by atoms with Crippen LogP contribution in [0.2, 0.25) is 5.02 Å². The molecule has 1 saturated heterocycles. The number of unbranched alkanes of at least 4 members (excludes halogenated alkanes) is 1. The molecule has 72 heavy (non-hydrogen) atoms. The molecule has 0 N–H and O–H groups in total. The lowest BCUT2D eigenvalue weighted by atomic mass is 9.71. The topological polar surface area (TPSA) is 199 Å². The summed E-state index contributed by atoms with van der Waals surface area (Å²) in [4.78, 5) is 49.2. The van der Waals surface area contributed by atoms with Gasteiger partial charge in [0.25, 0.3) is 0 Å². The smallest absolute Gasteiger partial charge is 0.225 e. The van der Waals surface area contributed by atoms with Gasteiger partial charge in [-0.3, -0.25) is 19.4 Å². The molecule has 1 aliphatic heterocycles. The molecule has 1 saturated carbocycles. The van der Waals surface area contributed by atoms with E-state index in [1.165, 1.54) is 0 Å². The number of rotatable bonds is 39. The van der Waals surface area contributed by atoms with Crippen molar-refractivity contribution in [1.29, 1.82) is 0 Å². The van der Waals surface area contributed by atoms with E-state index in [0.717, 1.165) is 85.2 Å². The summed E-state index contributed by atoms with van der Waals surface area (Å²) in [6.45, 7) is 12.4. The lowest BCUT2D eigenvalue weighted by Crippen LogP contribution is -2.65. The predicted molar refractivity (Wildman–Crippen MR) is 266 cm³/mol. The molecule has 3 aromatic heterocycles.